The number of hydrogen-bond acceptors (Lipinski definition) is 6. The molecule has 11 heteroatoms. The largest absolute Gasteiger partial charge is 0 e. The normalized spacial score (nSPS) is 11.4. The molecule has 1 aromatic rings. The first-order chi connectivity index (χ1) is 13.9. The molecule has 0 aliphatic carbocycles. The number of hydrogen-bond donors (Lipinski definition) is 1. The Bertz CT molecular complexity index is 657. The standard InChI is InChI=1S/C16H17NO6.3CO.Fe/c1-11(23-10-18)4-3-5-15(19)12(2)16(20)13-6-8-14(9-7-13)17(21)22;3*1-2;/h3-9,11-12,16,20H,1-2H3;;;;/q-1;;;;/t11-,12-,16-;;;;/m1..../s1. The maximum atomic E-state index is 12.0. The zero-order valence-electron chi connectivity index (χ0n) is 15.8. The minimum atomic E-state index is -1.08. The number of nitro groups is 1. The molecule has 0 saturated heterocycles. The SMILES string of the molecule is C[C@H]([CH][CH][CH]C(=O)[C@@H](C)[C@@H](O)c1ccc([N+](=O)[O-])cc1)O[C-]=O.[C-]#[O+].[C-]#[O+].[C-]#[O+].[Fe]. The summed E-state index contributed by atoms with van der Waals surface area (Å²) < 4.78 is 27.0. The molecule has 3 radical (unpaired) electrons. The summed E-state index contributed by atoms with van der Waals surface area (Å²) >= 11 is 0. The molecule has 0 bridgehead atoms. The van der Waals surface area contributed by atoms with Gasteiger partial charge >= 0.3 is 33.9 Å². The van der Waals surface area contributed by atoms with Gasteiger partial charge in [-0.2, -0.15) is 0 Å². The molecule has 0 fully saturated rings. The summed E-state index contributed by atoms with van der Waals surface area (Å²) in [7, 11) is 0. The van der Waals surface area contributed by atoms with E-state index < -0.39 is 23.0 Å². The number of non-ortho nitro benzene ring substituents is 1. The molecule has 161 valence electrons. The number of ether oxygens (including phenoxy) is 1. The zero-order chi connectivity index (χ0) is 23.4. The molecule has 1 aromatic carbocycles. The van der Waals surface area contributed by atoms with Gasteiger partial charge < -0.3 is 14.6 Å². The molecular weight excluding hydrogens is 442 g/mol. The number of nitrogens with zero attached hydrogens (tertiary/aromatic N) is 1. The van der Waals surface area contributed by atoms with Gasteiger partial charge in [-0.3, -0.25) is 14.9 Å². The van der Waals surface area contributed by atoms with Crippen LogP contribution in [-0.4, -0.2) is 28.4 Å². The molecule has 0 unspecified atom stereocenters. The number of benzene rings is 1. The molecule has 0 aliphatic heterocycles. The van der Waals surface area contributed by atoms with E-state index in [0.717, 1.165) is 0 Å². The van der Waals surface area contributed by atoms with E-state index in [9.17, 15) is 24.8 Å². The van der Waals surface area contributed by atoms with Crippen LogP contribution in [0.4, 0.5) is 5.69 Å². The number of ketones is 1. The molecule has 0 spiro atoms. The van der Waals surface area contributed by atoms with Crippen molar-refractivity contribution in [3.05, 3.63) is 79.2 Å². The van der Waals surface area contributed by atoms with Gasteiger partial charge in [-0.05, 0) is 31.0 Å². The van der Waals surface area contributed by atoms with Gasteiger partial charge in [-0.15, -0.1) is 0 Å². The van der Waals surface area contributed by atoms with Crippen molar-refractivity contribution in [3.63, 3.8) is 0 Å². The number of aliphatic hydroxyl groups is 1. The summed E-state index contributed by atoms with van der Waals surface area (Å²) in [5.41, 5.74) is 0.330. The van der Waals surface area contributed by atoms with Crippen LogP contribution in [0.15, 0.2) is 24.3 Å². The number of rotatable bonds is 10. The molecule has 0 aliphatic rings. The van der Waals surface area contributed by atoms with E-state index >= 15 is 0 Å². The summed E-state index contributed by atoms with van der Waals surface area (Å²) in [5, 5.41) is 20.8. The van der Waals surface area contributed by atoms with Gasteiger partial charge in [0.1, 0.15) is 5.78 Å². The van der Waals surface area contributed by atoms with Gasteiger partial charge in [0.25, 0.3) is 5.69 Å². The molecule has 0 saturated carbocycles. The number of carbonyl (C=O) groups is 1. The van der Waals surface area contributed by atoms with E-state index in [1.807, 2.05) is 0 Å². The van der Waals surface area contributed by atoms with E-state index in [2.05, 4.69) is 24.7 Å². The predicted octanol–water partition coefficient (Wildman–Crippen LogP) is 1.80. The van der Waals surface area contributed by atoms with E-state index in [1.165, 1.54) is 50.0 Å². The topological polar surface area (TPSA) is 166 Å². The predicted molar refractivity (Wildman–Crippen MR) is 93.2 cm³/mol. The van der Waals surface area contributed by atoms with Crippen LogP contribution in [0, 0.1) is 55.2 Å². The minimum absolute atomic E-state index is 0. The van der Waals surface area contributed by atoms with Crippen LogP contribution in [0.1, 0.15) is 25.5 Å². The van der Waals surface area contributed by atoms with Crippen LogP contribution in [-0.2, 0) is 45.4 Å². The molecule has 1 rings (SSSR count). The maximum Gasteiger partial charge on any atom is 0 e. The Balaban J connectivity index is -0.000000441. The van der Waals surface area contributed by atoms with Crippen LogP contribution >= 0.6 is 0 Å². The molecule has 0 amide bonds. The molecule has 3 atom stereocenters. The van der Waals surface area contributed by atoms with E-state index in [1.54, 1.807) is 13.8 Å². The summed E-state index contributed by atoms with van der Waals surface area (Å²) in [5.74, 6) is -1.05. The van der Waals surface area contributed by atoms with Gasteiger partial charge in [0.15, 0.2) is 0 Å². The molecule has 10 nitrogen and oxygen atoms in total. The van der Waals surface area contributed by atoms with Crippen LogP contribution in [0.25, 0.3) is 0 Å². The van der Waals surface area contributed by atoms with Gasteiger partial charge in [-0.1, -0.05) is 13.4 Å². The first-order valence-electron chi connectivity index (χ1n) is 7.48. The Labute approximate surface area is 184 Å². The minimum Gasteiger partial charge on any atom is 0 e. The quantitative estimate of drug-likeness (QED) is 0.184. The van der Waals surface area contributed by atoms with Crippen LogP contribution in [0.3, 0.4) is 0 Å². The van der Waals surface area contributed by atoms with Crippen molar-refractivity contribution >= 4 is 17.9 Å². The fourth-order valence-corrected chi connectivity index (χ4v) is 1.81. The second-order valence-corrected chi connectivity index (χ2v) is 4.94. The third-order valence-electron chi connectivity index (χ3n) is 3.24. The van der Waals surface area contributed by atoms with Crippen molar-refractivity contribution in [3.8, 4) is 0 Å². The van der Waals surface area contributed by atoms with Crippen molar-refractivity contribution in [2.24, 2.45) is 5.92 Å². The van der Waals surface area contributed by atoms with Crippen LogP contribution in [0.2, 0.25) is 0 Å². The number of nitro benzene ring substituents is 1. The van der Waals surface area contributed by atoms with Gasteiger partial charge in [0.2, 0.25) is 0 Å². The molecule has 0 heterocycles. The molecule has 0 aromatic heterocycles. The Morgan fingerprint density at radius 3 is 2.03 bits per heavy atom. The van der Waals surface area contributed by atoms with Crippen LogP contribution < -0.4 is 0 Å². The monoisotopic (exact) mass is 459 g/mol. The first-order valence-corrected chi connectivity index (χ1v) is 7.48. The average molecular weight is 459 g/mol. The van der Waals surface area contributed by atoms with E-state index in [-0.39, 0.29) is 28.5 Å². The average Bonchev–Trinajstić information content (AvgIpc) is 2.77. The summed E-state index contributed by atoms with van der Waals surface area (Å²) in [6.45, 7) is 18.0. The fraction of sp³-hybridized carbons (Fsp3) is 0.263. The van der Waals surface area contributed by atoms with Gasteiger partial charge in [-0.25, -0.2) is 0 Å². The van der Waals surface area contributed by atoms with Crippen molar-refractivity contribution in [2.45, 2.75) is 26.1 Å². The third-order valence-corrected chi connectivity index (χ3v) is 3.24. The number of Topliss-reactive ketones (excluding diaryl/α,β-unsaturated/α-hetero) is 1. The Morgan fingerprint density at radius 2 is 1.63 bits per heavy atom. The van der Waals surface area contributed by atoms with Crippen molar-refractivity contribution < 1.29 is 55.4 Å². The van der Waals surface area contributed by atoms with Gasteiger partial charge in [0, 0.05) is 48.0 Å². The molecule has 30 heavy (non-hydrogen) atoms. The zero-order valence-corrected chi connectivity index (χ0v) is 16.9. The van der Waals surface area contributed by atoms with Crippen molar-refractivity contribution in [2.75, 3.05) is 0 Å². The Morgan fingerprint density at radius 1 is 1.17 bits per heavy atom. The molecule has 1 N–H and O–H groups in total. The van der Waals surface area contributed by atoms with Crippen molar-refractivity contribution in [1.82, 2.24) is 0 Å². The summed E-state index contributed by atoms with van der Waals surface area (Å²) in [6, 6.07) is 5.37. The summed E-state index contributed by atoms with van der Waals surface area (Å²) in [6.07, 6.45) is 2.61. The smallest absolute Gasteiger partial charge is 0 e. The Kier molecular flexibility index (Phi) is 26.5. The molecular formula is C19H17FeNO9-. The summed E-state index contributed by atoms with van der Waals surface area (Å²) in [4.78, 5) is 32.0. The second-order valence-electron chi connectivity index (χ2n) is 4.94. The van der Waals surface area contributed by atoms with Gasteiger partial charge in [0.05, 0.1) is 17.1 Å². The second kappa shape index (κ2) is 22.7. The Hall–Kier alpha value is -2.54. The maximum absolute atomic E-state index is 12.0. The number of aliphatic hydroxyl groups excluding tert-OH is 1. The van der Waals surface area contributed by atoms with E-state index in [0.29, 0.717) is 5.56 Å². The fourth-order valence-electron chi connectivity index (χ4n) is 1.81. The van der Waals surface area contributed by atoms with Crippen LogP contribution in [0.5, 0.6) is 0 Å². The number of carbonyl (C=O) groups excluding carboxylic acids is 2. The van der Waals surface area contributed by atoms with E-state index in [4.69, 9.17) is 14.0 Å². The van der Waals surface area contributed by atoms with Crippen molar-refractivity contribution in [1.29, 1.82) is 0 Å². The first kappa shape index (κ1) is 34.9. The third kappa shape index (κ3) is 14.5.